The lowest BCUT2D eigenvalue weighted by atomic mass is 10.1. The molecule has 3 amide bonds. The van der Waals surface area contributed by atoms with E-state index in [9.17, 15) is 9.59 Å². The SMILES string of the molecule is COc1ccc(-n2c(SC(C(=O)NC(N)=O)C(C)C)nnc2-c2ccc(Cl)cc2)cc1. The zero-order valence-corrected chi connectivity index (χ0v) is 18.8. The number of carbonyl (C=O) groups excluding carboxylic acids is 2. The third kappa shape index (κ3) is 5.36. The predicted molar refractivity (Wildman–Crippen MR) is 121 cm³/mol. The molecule has 8 nitrogen and oxygen atoms in total. The Bertz CT molecular complexity index is 1070. The van der Waals surface area contributed by atoms with Crippen molar-refractivity contribution in [2.24, 2.45) is 11.7 Å². The van der Waals surface area contributed by atoms with Gasteiger partial charge in [-0.15, -0.1) is 10.2 Å². The number of nitrogens with zero attached hydrogens (tertiary/aromatic N) is 3. The van der Waals surface area contributed by atoms with Crippen LogP contribution in [0.15, 0.2) is 53.7 Å². The lowest BCUT2D eigenvalue weighted by molar-refractivity contribution is -0.120. The molecule has 0 aliphatic heterocycles. The molecule has 162 valence electrons. The van der Waals surface area contributed by atoms with E-state index < -0.39 is 17.2 Å². The number of thioether (sulfide) groups is 1. The predicted octanol–water partition coefficient (Wildman–Crippen LogP) is 3.91. The molecule has 1 unspecified atom stereocenters. The summed E-state index contributed by atoms with van der Waals surface area (Å²) in [7, 11) is 1.60. The molecule has 0 fully saturated rings. The van der Waals surface area contributed by atoms with Crippen LogP contribution in [0.2, 0.25) is 5.02 Å². The lowest BCUT2D eigenvalue weighted by Crippen LogP contribution is -2.42. The third-order valence-electron chi connectivity index (χ3n) is 4.41. The molecular weight excluding hydrogens is 438 g/mol. The Morgan fingerprint density at radius 1 is 1.10 bits per heavy atom. The zero-order valence-electron chi connectivity index (χ0n) is 17.2. The number of methoxy groups -OCH3 is 1. The van der Waals surface area contributed by atoms with E-state index in [2.05, 4.69) is 15.5 Å². The minimum atomic E-state index is -0.894. The van der Waals surface area contributed by atoms with Gasteiger partial charge in [-0.2, -0.15) is 0 Å². The Morgan fingerprint density at radius 3 is 2.29 bits per heavy atom. The fraction of sp³-hybridized carbons (Fsp3) is 0.238. The van der Waals surface area contributed by atoms with Gasteiger partial charge in [0.25, 0.3) is 0 Å². The van der Waals surface area contributed by atoms with Gasteiger partial charge in [-0.05, 0) is 54.4 Å². The van der Waals surface area contributed by atoms with Crippen molar-refractivity contribution in [3.8, 4) is 22.8 Å². The molecule has 1 heterocycles. The monoisotopic (exact) mass is 459 g/mol. The maximum atomic E-state index is 12.5. The molecule has 3 aromatic rings. The first-order chi connectivity index (χ1) is 14.8. The standard InChI is InChI=1S/C21H22ClN5O3S/c1-12(2)17(19(28)24-20(23)29)31-21-26-25-18(13-4-6-14(22)7-5-13)27(21)15-8-10-16(30-3)11-9-15/h4-12,17H,1-3H3,(H3,23,24,28,29). The highest BCUT2D eigenvalue weighted by molar-refractivity contribution is 8.00. The molecule has 1 aromatic heterocycles. The lowest BCUT2D eigenvalue weighted by Gasteiger charge is -2.19. The first-order valence-electron chi connectivity index (χ1n) is 9.43. The number of carbonyl (C=O) groups is 2. The largest absolute Gasteiger partial charge is 0.497 e. The maximum Gasteiger partial charge on any atom is 0.318 e. The van der Waals surface area contributed by atoms with E-state index >= 15 is 0 Å². The van der Waals surface area contributed by atoms with E-state index in [1.165, 1.54) is 11.8 Å². The number of hydrogen-bond donors (Lipinski definition) is 2. The van der Waals surface area contributed by atoms with Crippen LogP contribution >= 0.6 is 23.4 Å². The second-order valence-electron chi connectivity index (χ2n) is 6.98. The molecular formula is C21H22ClN5O3S. The van der Waals surface area contributed by atoms with Crippen molar-refractivity contribution in [3.05, 3.63) is 53.6 Å². The average Bonchev–Trinajstić information content (AvgIpc) is 3.15. The first kappa shape index (κ1) is 22.6. The highest BCUT2D eigenvalue weighted by Crippen LogP contribution is 2.33. The smallest absolute Gasteiger partial charge is 0.318 e. The number of nitrogens with two attached hydrogens (primary N) is 1. The summed E-state index contributed by atoms with van der Waals surface area (Å²) in [5.74, 6) is 0.719. The van der Waals surface area contributed by atoms with Crippen LogP contribution < -0.4 is 15.8 Å². The van der Waals surface area contributed by atoms with Crippen LogP contribution in [-0.2, 0) is 4.79 Å². The molecule has 0 radical (unpaired) electrons. The minimum absolute atomic E-state index is 0.0932. The van der Waals surface area contributed by atoms with Crippen molar-refractivity contribution < 1.29 is 14.3 Å². The van der Waals surface area contributed by atoms with Crippen LogP contribution in [0.4, 0.5) is 4.79 Å². The molecule has 0 saturated heterocycles. The van der Waals surface area contributed by atoms with Gasteiger partial charge in [0, 0.05) is 16.3 Å². The van der Waals surface area contributed by atoms with Crippen molar-refractivity contribution in [2.45, 2.75) is 24.3 Å². The molecule has 0 spiro atoms. The molecule has 2 aromatic carbocycles. The molecule has 1 atom stereocenters. The minimum Gasteiger partial charge on any atom is -0.497 e. The van der Waals surface area contributed by atoms with E-state index in [0.717, 1.165) is 11.3 Å². The van der Waals surface area contributed by atoms with Crippen LogP contribution in [0, 0.1) is 5.92 Å². The number of rotatable bonds is 7. The number of nitrogens with one attached hydrogen (secondary N) is 1. The Balaban J connectivity index is 2.07. The van der Waals surface area contributed by atoms with Gasteiger partial charge < -0.3 is 10.5 Å². The molecule has 3 N–H and O–H groups in total. The number of benzene rings is 2. The van der Waals surface area contributed by atoms with Crippen LogP contribution in [0.5, 0.6) is 5.75 Å². The van der Waals surface area contributed by atoms with Gasteiger partial charge in [-0.1, -0.05) is 37.2 Å². The maximum absolute atomic E-state index is 12.5. The second kappa shape index (κ2) is 9.84. The molecule has 3 rings (SSSR count). The number of ether oxygens (including phenoxy) is 1. The normalized spacial score (nSPS) is 11.9. The van der Waals surface area contributed by atoms with Crippen molar-refractivity contribution in [2.75, 3.05) is 7.11 Å². The Morgan fingerprint density at radius 2 is 1.74 bits per heavy atom. The summed E-state index contributed by atoms with van der Waals surface area (Å²) in [5, 5.41) is 11.3. The van der Waals surface area contributed by atoms with E-state index in [1.54, 1.807) is 19.2 Å². The van der Waals surface area contributed by atoms with Gasteiger partial charge in [-0.3, -0.25) is 14.7 Å². The van der Waals surface area contributed by atoms with E-state index in [0.29, 0.717) is 21.8 Å². The molecule has 0 aliphatic rings. The van der Waals surface area contributed by atoms with Crippen LogP contribution in [0.3, 0.4) is 0 Å². The van der Waals surface area contributed by atoms with Crippen molar-refractivity contribution in [3.63, 3.8) is 0 Å². The van der Waals surface area contributed by atoms with E-state index in [1.807, 2.05) is 54.8 Å². The molecule has 0 aliphatic carbocycles. The summed E-state index contributed by atoms with van der Waals surface area (Å²) >= 11 is 7.24. The van der Waals surface area contributed by atoms with Crippen LogP contribution in [0.1, 0.15) is 13.8 Å². The molecule has 10 heteroatoms. The van der Waals surface area contributed by atoms with Crippen molar-refractivity contribution in [1.82, 2.24) is 20.1 Å². The Labute approximate surface area is 189 Å². The average molecular weight is 460 g/mol. The summed E-state index contributed by atoms with van der Waals surface area (Å²) in [6.45, 7) is 3.76. The fourth-order valence-corrected chi connectivity index (χ4v) is 4.07. The Hall–Kier alpha value is -3.04. The van der Waals surface area contributed by atoms with E-state index in [4.69, 9.17) is 22.1 Å². The highest BCUT2D eigenvalue weighted by atomic mass is 35.5. The number of halogens is 1. The zero-order chi connectivity index (χ0) is 22.5. The highest BCUT2D eigenvalue weighted by Gasteiger charge is 2.28. The van der Waals surface area contributed by atoms with Gasteiger partial charge in [0.1, 0.15) is 5.75 Å². The van der Waals surface area contributed by atoms with Crippen LogP contribution in [0.25, 0.3) is 17.1 Å². The van der Waals surface area contributed by atoms with Gasteiger partial charge in [0.2, 0.25) is 5.91 Å². The second-order valence-corrected chi connectivity index (χ2v) is 8.53. The summed E-state index contributed by atoms with van der Waals surface area (Å²) < 4.78 is 7.10. The summed E-state index contributed by atoms with van der Waals surface area (Å²) in [6, 6.07) is 13.8. The topological polar surface area (TPSA) is 112 Å². The summed E-state index contributed by atoms with van der Waals surface area (Å²) in [6.07, 6.45) is 0. The summed E-state index contributed by atoms with van der Waals surface area (Å²) in [4.78, 5) is 23.7. The number of primary amides is 1. The van der Waals surface area contributed by atoms with Gasteiger partial charge in [0.15, 0.2) is 11.0 Å². The molecule has 31 heavy (non-hydrogen) atoms. The number of urea groups is 1. The number of hydrogen-bond acceptors (Lipinski definition) is 6. The van der Waals surface area contributed by atoms with Gasteiger partial charge in [-0.25, -0.2) is 4.79 Å². The van der Waals surface area contributed by atoms with Crippen LogP contribution in [-0.4, -0.2) is 39.1 Å². The Kier molecular flexibility index (Phi) is 7.19. The number of imide groups is 1. The third-order valence-corrected chi connectivity index (χ3v) is 6.15. The van der Waals surface area contributed by atoms with Crippen molar-refractivity contribution >= 4 is 35.3 Å². The van der Waals surface area contributed by atoms with Gasteiger partial charge in [0.05, 0.1) is 12.4 Å². The van der Waals surface area contributed by atoms with E-state index in [-0.39, 0.29) is 5.92 Å². The van der Waals surface area contributed by atoms with Gasteiger partial charge >= 0.3 is 6.03 Å². The quantitative estimate of drug-likeness (QED) is 0.518. The van der Waals surface area contributed by atoms with Crippen molar-refractivity contribution in [1.29, 1.82) is 0 Å². The molecule has 0 saturated carbocycles. The fourth-order valence-electron chi connectivity index (χ4n) is 2.89. The number of amides is 3. The molecule has 0 bridgehead atoms. The number of aromatic nitrogens is 3. The first-order valence-corrected chi connectivity index (χ1v) is 10.7. The summed E-state index contributed by atoms with van der Waals surface area (Å²) in [5.41, 5.74) is 6.73.